The van der Waals surface area contributed by atoms with Crippen LogP contribution in [-0.4, -0.2) is 30.3 Å². The van der Waals surface area contributed by atoms with E-state index >= 15 is 0 Å². The zero-order chi connectivity index (χ0) is 17.0. The molecule has 9 heteroatoms. The van der Waals surface area contributed by atoms with Crippen LogP contribution in [0.3, 0.4) is 0 Å². The zero-order valence-electron chi connectivity index (χ0n) is 12.7. The van der Waals surface area contributed by atoms with E-state index in [2.05, 4.69) is 5.16 Å². The largest absolute Gasteiger partial charge is 0.493 e. The summed E-state index contributed by atoms with van der Waals surface area (Å²) in [6.45, 7) is 1.53. The van der Waals surface area contributed by atoms with Gasteiger partial charge in [0.2, 0.25) is 0 Å². The number of hydrogen-bond donors (Lipinski definition) is 0. The summed E-state index contributed by atoms with van der Waals surface area (Å²) in [7, 11) is 2.70. The first-order chi connectivity index (χ1) is 11.0. The van der Waals surface area contributed by atoms with Gasteiger partial charge in [0.1, 0.15) is 23.6 Å². The Kier molecular flexibility index (Phi) is 4.79. The monoisotopic (exact) mass is 322 g/mol. The maximum Gasteiger partial charge on any atom is 0.345 e. The number of aryl methyl sites for hydroxylation is 1. The van der Waals surface area contributed by atoms with Crippen molar-refractivity contribution < 1.29 is 28.5 Å². The molecule has 122 valence electrons. The molecule has 0 amide bonds. The number of nitro benzene ring substituents is 1. The Bertz CT molecular complexity index is 739. The van der Waals surface area contributed by atoms with Crippen molar-refractivity contribution in [1.82, 2.24) is 5.16 Å². The Morgan fingerprint density at radius 1 is 1.26 bits per heavy atom. The van der Waals surface area contributed by atoms with Gasteiger partial charge in [-0.15, -0.1) is 0 Å². The molecule has 0 saturated carbocycles. The summed E-state index contributed by atoms with van der Waals surface area (Å²) in [4.78, 5) is 22.6. The van der Waals surface area contributed by atoms with Gasteiger partial charge in [-0.3, -0.25) is 10.1 Å². The fraction of sp³-hybridized carbons (Fsp3) is 0.286. The molecule has 0 unspecified atom stereocenters. The van der Waals surface area contributed by atoms with E-state index in [1.165, 1.54) is 20.3 Å². The predicted molar refractivity (Wildman–Crippen MR) is 76.6 cm³/mol. The number of carbonyl (C=O) groups is 1. The van der Waals surface area contributed by atoms with Crippen LogP contribution >= 0.6 is 0 Å². The Hall–Kier alpha value is -3.10. The fourth-order valence-corrected chi connectivity index (χ4v) is 1.89. The van der Waals surface area contributed by atoms with Gasteiger partial charge in [-0.2, -0.15) is 0 Å². The van der Waals surface area contributed by atoms with Crippen LogP contribution in [0.5, 0.6) is 11.5 Å². The van der Waals surface area contributed by atoms with Gasteiger partial charge in [0.05, 0.1) is 25.2 Å². The zero-order valence-corrected chi connectivity index (χ0v) is 12.7. The molecule has 0 spiro atoms. The van der Waals surface area contributed by atoms with Crippen molar-refractivity contribution in [2.75, 3.05) is 14.2 Å². The molecule has 1 heterocycles. The average Bonchev–Trinajstić information content (AvgIpc) is 2.96. The van der Waals surface area contributed by atoms with Crippen molar-refractivity contribution in [3.63, 3.8) is 0 Å². The molecule has 0 aliphatic rings. The second-order valence-corrected chi connectivity index (χ2v) is 4.49. The van der Waals surface area contributed by atoms with E-state index < -0.39 is 16.6 Å². The van der Waals surface area contributed by atoms with Crippen LogP contribution in [0.15, 0.2) is 22.7 Å². The Balaban J connectivity index is 2.28. The van der Waals surface area contributed by atoms with E-state index in [0.29, 0.717) is 11.5 Å². The lowest BCUT2D eigenvalue weighted by molar-refractivity contribution is -0.385. The van der Waals surface area contributed by atoms with Gasteiger partial charge >= 0.3 is 5.97 Å². The van der Waals surface area contributed by atoms with Crippen LogP contribution in [0.1, 0.15) is 21.8 Å². The normalized spacial score (nSPS) is 10.2. The van der Waals surface area contributed by atoms with Gasteiger partial charge in [0.25, 0.3) is 5.69 Å². The maximum atomic E-state index is 12.1. The highest BCUT2D eigenvalue weighted by Gasteiger charge is 2.26. The molecular weight excluding hydrogens is 308 g/mol. The summed E-state index contributed by atoms with van der Waals surface area (Å²) in [6.07, 6.45) is 0. The van der Waals surface area contributed by atoms with E-state index in [-0.39, 0.29) is 23.7 Å². The maximum absolute atomic E-state index is 12.1. The highest BCUT2D eigenvalue weighted by Crippen LogP contribution is 2.34. The number of rotatable bonds is 6. The van der Waals surface area contributed by atoms with E-state index in [9.17, 15) is 14.9 Å². The van der Waals surface area contributed by atoms with Crippen molar-refractivity contribution in [3.05, 3.63) is 45.3 Å². The number of benzene rings is 1. The first-order valence-electron chi connectivity index (χ1n) is 6.46. The minimum Gasteiger partial charge on any atom is -0.493 e. The molecule has 0 bridgehead atoms. The number of esters is 1. The number of nitro groups is 1. The Labute approximate surface area is 130 Å². The SMILES string of the molecule is COc1cc(C(=O)OCc2cc(C)on2)c([N+](=O)[O-])cc1OC. The molecule has 23 heavy (non-hydrogen) atoms. The van der Waals surface area contributed by atoms with Crippen LogP contribution in [0.4, 0.5) is 5.69 Å². The molecule has 0 saturated heterocycles. The summed E-state index contributed by atoms with van der Waals surface area (Å²) in [6, 6.07) is 3.90. The van der Waals surface area contributed by atoms with Crippen LogP contribution in [0.25, 0.3) is 0 Å². The molecule has 1 aromatic carbocycles. The number of carbonyl (C=O) groups excluding carboxylic acids is 1. The molecule has 0 radical (unpaired) electrons. The van der Waals surface area contributed by atoms with Crippen LogP contribution in [0, 0.1) is 17.0 Å². The van der Waals surface area contributed by atoms with E-state index in [4.69, 9.17) is 18.7 Å². The lowest BCUT2D eigenvalue weighted by Gasteiger charge is -2.10. The molecule has 0 aliphatic heterocycles. The van der Waals surface area contributed by atoms with Gasteiger partial charge in [0, 0.05) is 12.1 Å². The highest BCUT2D eigenvalue weighted by atomic mass is 16.6. The van der Waals surface area contributed by atoms with Crippen molar-refractivity contribution in [2.24, 2.45) is 0 Å². The molecule has 0 fully saturated rings. The van der Waals surface area contributed by atoms with E-state index in [0.717, 1.165) is 6.07 Å². The number of hydrogen-bond acceptors (Lipinski definition) is 8. The van der Waals surface area contributed by atoms with Gasteiger partial charge in [0.15, 0.2) is 11.5 Å². The first kappa shape index (κ1) is 16.3. The minimum absolute atomic E-state index is 0.142. The van der Waals surface area contributed by atoms with Crippen molar-refractivity contribution in [1.29, 1.82) is 0 Å². The third-order valence-corrected chi connectivity index (χ3v) is 2.95. The molecule has 0 aliphatic carbocycles. The third kappa shape index (κ3) is 3.57. The summed E-state index contributed by atoms with van der Waals surface area (Å²) in [5, 5.41) is 14.8. The van der Waals surface area contributed by atoms with Crippen LogP contribution in [-0.2, 0) is 11.3 Å². The molecule has 0 N–H and O–H groups in total. The second kappa shape index (κ2) is 6.77. The summed E-state index contributed by atoms with van der Waals surface area (Å²) in [5.74, 6) is 0.0108. The summed E-state index contributed by atoms with van der Waals surface area (Å²) < 4.78 is 19.9. The lowest BCUT2D eigenvalue weighted by atomic mass is 10.1. The molecule has 1 aromatic heterocycles. The van der Waals surface area contributed by atoms with E-state index in [1.807, 2.05) is 0 Å². The fourth-order valence-electron chi connectivity index (χ4n) is 1.89. The van der Waals surface area contributed by atoms with Gasteiger partial charge in [-0.25, -0.2) is 4.79 Å². The first-order valence-corrected chi connectivity index (χ1v) is 6.46. The predicted octanol–water partition coefficient (Wildman–Crippen LogP) is 2.27. The van der Waals surface area contributed by atoms with Crippen LogP contribution < -0.4 is 9.47 Å². The van der Waals surface area contributed by atoms with Gasteiger partial charge < -0.3 is 18.7 Å². The highest BCUT2D eigenvalue weighted by molar-refractivity contribution is 5.95. The van der Waals surface area contributed by atoms with Crippen LogP contribution in [0.2, 0.25) is 0 Å². The average molecular weight is 322 g/mol. The summed E-state index contributed by atoms with van der Waals surface area (Å²) >= 11 is 0. The second-order valence-electron chi connectivity index (χ2n) is 4.49. The third-order valence-electron chi connectivity index (χ3n) is 2.95. The number of ether oxygens (including phenoxy) is 3. The quantitative estimate of drug-likeness (QED) is 0.452. The molecule has 0 atom stereocenters. The minimum atomic E-state index is -0.877. The topological polar surface area (TPSA) is 114 Å². The molecular formula is C14H14N2O7. The Morgan fingerprint density at radius 3 is 2.43 bits per heavy atom. The van der Waals surface area contributed by atoms with E-state index in [1.54, 1.807) is 13.0 Å². The van der Waals surface area contributed by atoms with Crippen molar-refractivity contribution in [2.45, 2.75) is 13.5 Å². The molecule has 9 nitrogen and oxygen atoms in total. The number of methoxy groups -OCH3 is 2. The lowest BCUT2D eigenvalue weighted by Crippen LogP contribution is -2.09. The number of aromatic nitrogens is 1. The Morgan fingerprint density at radius 2 is 1.91 bits per heavy atom. The summed E-state index contributed by atoms with van der Waals surface area (Å²) in [5.41, 5.74) is -0.282. The smallest absolute Gasteiger partial charge is 0.345 e. The molecule has 2 aromatic rings. The van der Waals surface area contributed by atoms with Gasteiger partial charge in [-0.05, 0) is 6.92 Å². The van der Waals surface area contributed by atoms with Crippen molar-refractivity contribution >= 4 is 11.7 Å². The standard InChI is InChI=1S/C14H14N2O7/c1-8-4-9(15-23-8)7-22-14(17)10-5-12(20-2)13(21-3)6-11(10)16(18)19/h4-6H,7H2,1-3H3. The number of nitrogens with zero attached hydrogens (tertiary/aromatic N) is 2. The van der Waals surface area contributed by atoms with Gasteiger partial charge in [-0.1, -0.05) is 5.16 Å². The van der Waals surface area contributed by atoms with Crippen molar-refractivity contribution in [3.8, 4) is 11.5 Å². The molecule has 2 rings (SSSR count).